The summed E-state index contributed by atoms with van der Waals surface area (Å²) < 4.78 is 29.4. The Labute approximate surface area is 266 Å². The minimum absolute atomic E-state index is 0.0248. The van der Waals surface area contributed by atoms with Crippen molar-refractivity contribution in [2.24, 2.45) is 30.7 Å². The van der Waals surface area contributed by atoms with Crippen LogP contribution in [0.4, 0.5) is 14.6 Å². The van der Waals surface area contributed by atoms with Crippen LogP contribution in [0, 0.1) is 35.0 Å². The molecule has 0 spiro atoms. The molecule has 3 aromatic heterocycles. The highest BCUT2D eigenvalue weighted by molar-refractivity contribution is 5.83. The summed E-state index contributed by atoms with van der Waals surface area (Å²) in [6.45, 7) is 0.894. The first-order valence-corrected chi connectivity index (χ1v) is 16.0. The number of aromatic nitrogens is 5. The van der Waals surface area contributed by atoms with Gasteiger partial charge in [-0.2, -0.15) is 10.4 Å². The van der Waals surface area contributed by atoms with Crippen LogP contribution in [0.2, 0.25) is 0 Å². The van der Waals surface area contributed by atoms with Crippen molar-refractivity contribution >= 4 is 11.7 Å². The van der Waals surface area contributed by atoms with Crippen molar-refractivity contribution in [3.05, 3.63) is 89.9 Å². The molecule has 1 N–H and O–H groups in total. The molecule has 3 fully saturated rings. The fraction of sp³-hybridized carbons (Fsp3) is 0.429. The third-order valence-electron chi connectivity index (χ3n) is 10.0. The minimum Gasteiger partial charge on any atom is -0.354 e. The molecule has 9 nitrogen and oxygen atoms in total. The number of anilines is 1. The lowest BCUT2D eigenvalue weighted by atomic mass is 9.73. The molecule has 2 saturated carbocycles. The van der Waals surface area contributed by atoms with Crippen molar-refractivity contribution in [1.82, 2.24) is 30.0 Å². The van der Waals surface area contributed by atoms with Crippen molar-refractivity contribution in [3.63, 3.8) is 0 Å². The van der Waals surface area contributed by atoms with Gasteiger partial charge in [0.2, 0.25) is 5.91 Å². The van der Waals surface area contributed by atoms with Gasteiger partial charge in [0.1, 0.15) is 23.3 Å². The molecule has 1 saturated heterocycles. The zero-order valence-electron chi connectivity index (χ0n) is 25.7. The molecule has 1 aromatic carbocycles. The molecule has 1 amide bonds. The molecular formula is C35H36F2N8O. The molecule has 7 rings (SSSR count). The molecule has 0 bridgehead atoms. The number of aryl methyl sites for hydroxylation is 1. The van der Waals surface area contributed by atoms with Gasteiger partial charge in [0.25, 0.3) is 5.92 Å². The highest BCUT2D eigenvalue weighted by atomic mass is 19.3. The second kappa shape index (κ2) is 12.2. The lowest BCUT2D eigenvalue weighted by molar-refractivity contribution is -0.124. The molecule has 3 aliphatic rings. The Morgan fingerprint density at radius 3 is 2.43 bits per heavy atom. The van der Waals surface area contributed by atoms with Gasteiger partial charge in [-0.3, -0.25) is 14.5 Å². The Bertz CT molecular complexity index is 1730. The summed E-state index contributed by atoms with van der Waals surface area (Å²) in [5.74, 6) is -2.74. The summed E-state index contributed by atoms with van der Waals surface area (Å²) in [4.78, 5) is 29.6. The number of carbonyl (C=O) groups is 1. The normalized spacial score (nSPS) is 23.7. The predicted octanol–water partition coefficient (Wildman–Crippen LogP) is 5.29. The van der Waals surface area contributed by atoms with E-state index in [1.165, 1.54) is 6.20 Å². The molecule has 3 atom stereocenters. The van der Waals surface area contributed by atoms with Crippen LogP contribution < -0.4 is 10.2 Å². The molecule has 2 aliphatic carbocycles. The fourth-order valence-electron chi connectivity index (χ4n) is 7.31. The number of hydrogen-bond donors (Lipinski definition) is 1. The molecule has 46 heavy (non-hydrogen) atoms. The number of hydrogen-bond acceptors (Lipinski definition) is 7. The van der Waals surface area contributed by atoms with E-state index in [9.17, 15) is 18.8 Å². The van der Waals surface area contributed by atoms with Gasteiger partial charge in [0.15, 0.2) is 0 Å². The predicted molar refractivity (Wildman–Crippen MR) is 168 cm³/mol. The molecule has 3 unspecified atom stereocenters. The van der Waals surface area contributed by atoms with Gasteiger partial charge in [0, 0.05) is 56.6 Å². The maximum Gasteiger partial charge on any atom is 0.258 e. The number of nitrogens with zero attached hydrogens (tertiary/aromatic N) is 7. The Morgan fingerprint density at radius 1 is 1.02 bits per heavy atom. The Balaban J connectivity index is 1.03. The van der Waals surface area contributed by atoms with Gasteiger partial charge in [-0.1, -0.05) is 36.4 Å². The zero-order valence-corrected chi connectivity index (χ0v) is 25.7. The molecule has 4 aromatic rings. The number of amides is 1. The van der Waals surface area contributed by atoms with Crippen molar-refractivity contribution in [1.29, 1.82) is 5.26 Å². The van der Waals surface area contributed by atoms with Crippen LogP contribution in [0.1, 0.15) is 54.2 Å². The third-order valence-corrected chi connectivity index (χ3v) is 10.0. The highest BCUT2D eigenvalue weighted by Crippen LogP contribution is 2.59. The van der Waals surface area contributed by atoms with Gasteiger partial charge in [0.05, 0.1) is 35.8 Å². The second-order valence-electron chi connectivity index (χ2n) is 13.0. The molecule has 11 heteroatoms. The molecular weight excluding hydrogens is 586 g/mol. The Kier molecular flexibility index (Phi) is 7.97. The van der Waals surface area contributed by atoms with E-state index in [1.807, 2.05) is 66.8 Å². The number of pyridine rings is 1. The first-order valence-electron chi connectivity index (χ1n) is 16.0. The van der Waals surface area contributed by atoms with Gasteiger partial charge < -0.3 is 10.2 Å². The van der Waals surface area contributed by atoms with E-state index >= 15 is 0 Å². The summed E-state index contributed by atoms with van der Waals surface area (Å²) in [6.07, 6.45) is 11.2. The average molecular weight is 623 g/mol. The largest absolute Gasteiger partial charge is 0.354 e. The Morgan fingerprint density at radius 2 is 1.78 bits per heavy atom. The number of rotatable bonds is 9. The van der Waals surface area contributed by atoms with Gasteiger partial charge >= 0.3 is 0 Å². The summed E-state index contributed by atoms with van der Waals surface area (Å²) >= 11 is 0. The number of carbonyl (C=O) groups excluding carboxylic acids is 1. The van der Waals surface area contributed by atoms with E-state index in [0.717, 1.165) is 48.1 Å². The van der Waals surface area contributed by atoms with Crippen molar-refractivity contribution < 1.29 is 13.6 Å². The van der Waals surface area contributed by atoms with E-state index in [2.05, 4.69) is 21.5 Å². The molecule has 1 aliphatic heterocycles. The summed E-state index contributed by atoms with van der Waals surface area (Å²) in [6, 6.07) is 16.0. The van der Waals surface area contributed by atoms with Crippen LogP contribution in [-0.4, -0.2) is 49.7 Å². The number of piperidine rings is 1. The maximum absolute atomic E-state index is 13.8. The molecule has 0 radical (unpaired) electrons. The number of fused-ring (bicyclic) bond motifs is 1. The minimum atomic E-state index is -2.59. The number of halogens is 2. The lowest BCUT2D eigenvalue weighted by Gasteiger charge is -2.33. The Hall–Kier alpha value is -4.72. The molecule has 4 heterocycles. The van der Waals surface area contributed by atoms with Gasteiger partial charge in [-0.25, -0.2) is 18.7 Å². The quantitative estimate of drug-likeness (QED) is 0.270. The maximum atomic E-state index is 13.8. The lowest BCUT2D eigenvalue weighted by Crippen LogP contribution is -2.35. The van der Waals surface area contributed by atoms with Gasteiger partial charge in [-0.05, 0) is 49.1 Å². The van der Waals surface area contributed by atoms with E-state index < -0.39 is 17.8 Å². The first kappa shape index (κ1) is 30.0. The van der Waals surface area contributed by atoms with Crippen LogP contribution in [0.25, 0.3) is 11.1 Å². The number of nitriles is 1. The van der Waals surface area contributed by atoms with E-state index in [-0.39, 0.29) is 30.8 Å². The number of nitrogens with one attached hydrogen (secondary N) is 1. The third kappa shape index (κ3) is 5.96. The topological polar surface area (TPSA) is 113 Å². The van der Waals surface area contributed by atoms with Crippen LogP contribution in [0.15, 0.2) is 67.3 Å². The number of benzene rings is 1. The highest BCUT2D eigenvalue weighted by Gasteiger charge is 2.72. The summed E-state index contributed by atoms with van der Waals surface area (Å²) in [7, 11) is 1.88. The van der Waals surface area contributed by atoms with Crippen LogP contribution in [0.3, 0.4) is 0 Å². The smallest absolute Gasteiger partial charge is 0.258 e. The standard InChI is InChI=1S/C35H36F2N8O/c1-44-19-27(18-42-44)25-11-12-30(39-16-25)32(34(46)41-15-23-5-3-2-4-6-23)24-9-7-22(8-10-24)13-31-40-17-26(14-38)33(43-31)45-20-28-29(21-45)35(28,36)37/h2-6,11-12,16-19,22,24,28-29,32H,7-10,13,15,20-21H2,1H3,(H,41,46). The summed E-state index contributed by atoms with van der Waals surface area (Å²) in [5.41, 5.74) is 4.05. The van der Waals surface area contributed by atoms with Crippen LogP contribution >= 0.6 is 0 Å². The van der Waals surface area contributed by atoms with Crippen molar-refractivity contribution in [2.45, 2.75) is 50.5 Å². The monoisotopic (exact) mass is 622 g/mol. The van der Waals surface area contributed by atoms with Crippen molar-refractivity contribution in [2.75, 3.05) is 18.0 Å². The van der Waals surface area contributed by atoms with E-state index in [4.69, 9.17) is 9.97 Å². The molecule has 236 valence electrons. The van der Waals surface area contributed by atoms with Crippen LogP contribution in [-0.2, 0) is 24.8 Å². The van der Waals surface area contributed by atoms with E-state index in [0.29, 0.717) is 36.1 Å². The van der Waals surface area contributed by atoms with Crippen LogP contribution in [0.5, 0.6) is 0 Å². The zero-order chi connectivity index (χ0) is 31.8. The summed E-state index contributed by atoms with van der Waals surface area (Å²) in [5, 5.41) is 17.0. The van der Waals surface area contributed by atoms with Crippen molar-refractivity contribution in [3.8, 4) is 17.2 Å². The fourth-order valence-corrected chi connectivity index (χ4v) is 7.31. The second-order valence-corrected chi connectivity index (χ2v) is 13.0. The first-order chi connectivity index (χ1) is 22.3. The SMILES string of the molecule is Cn1cc(-c2ccc(C(C(=O)NCc3ccccc3)C3CCC(Cc4ncc(C#N)c(N5CC6C(C5)C6(F)F)n4)CC3)nc2)cn1. The van der Waals surface area contributed by atoms with E-state index in [1.54, 1.807) is 10.9 Å². The van der Waals surface area contributed by atoms with Gasteiger partial charge in [-0.15, -0.1) is 0 Å². The number of alkyl halides is 2. The average Bonchev–Trinajstić information content (AvgIpc) is 3.48.